The van der Waals surface area contributed by atoms with E-state index < -0.39 is 66.1 Å². The van der Waals surface area contributed by atoms with Crippen molar-refractivity contribution in [3.05, 3.63) is 52.6 Å². The average molecular weight is 864 g/mol. The minimum Gasteiger partial charge on any atom is -0.423 e. The monoisotopic (exact) mass is 863 g/mol. The van der Waals surface area contributed by atoms with E-state index in [9.17, 15) is 37.9 Å². The Hall–Kier alpha value is -2.15. The second-order valence-corrected chi connectivity index (χ2v) is 19.4. The van der Waals surface area contributed by atoms with Crippen LogP contribution in [-0.4, -0.2) is 101 Å². The molecule has 0 aliphatic carbocycles. The highest BCUT2D eigenvalue weighted by molar-refractivity contribution is 8.77. The van der Waals surface area contributed by atoms with E-state index in [1.54, 1.807) is 0 Å². The van der Waals surface area contributed by atoms with Crippen LogP contribution in [0.5, 0.6) is 0 Å². The highest BCUT2D eigenvalue weighted by Gasteiger charge is 2.43. The largest absolute Gasteiger partial charge is 0.490 e. The average Bonchev–Trinajstić information content (AvgIpc) is 3.45. The predicted molar refractivity (Wildman–Crippen MR) is 196 cm³/mol. The van der Waals surface area contributed by atoms with Gasteiger partial charge in [-0.25, -0.2) is 18.5 Å². The summed E-state index contributed by atoms with van der Waals surface area (Å²) < 4.78 is 59.4. The Morgan fingerprint density at radius 2 is 1.74 bits per heavy atom. The Balaban J connectivity index is 1.44. The normalized spacial score (nSPS) is 19.8. The molecule has 0 bridgehead atoms. The smallest absolute Gasteiger partial charge is 0.423 e. The SMILES string of the molecule is CC(C)(CNC(=O)CCCCNC(=O)c1ccc(B(O)O)cc1)SSCOC1C[C@H](n2ccc(N)nc2=O)O[C@@H]1COP(=O)(O)OP(=O)(O)OP(=O)(O)O. The Morgan fingerprint density at radius 1 is 1.06 bits per heavy atom. The van der Waals surface area contributed by atoms with E-state index in [0.717, 1.165) is 4.57 Å². The second kappa shape index (κ2) is 20.3. The number of nitrogen functional groups attached to an aromatic ring is 1. The molecule has 2 aromatic rings. The van der Waals surface area contributed by atoms with Crippen molar-refractivity contribution in [1.29, 1.82) is 0 Å². The highest BCUT2D eigenvalue weighted by atomic mass is 33.1. The first-order valence-corrected chi connectivity index (χ1v) is 22.6. The van der Waals surface area contributed by atoms with Crippen molar-refractivity contribution >= 4 is 75.3 Å². The molecule has 2 heterocycles. The van der Waals surface area contributed by atoms with Crippen molar-refractivity contribution in [2.24, 2.45) is 0 Å². The molecule has 1 aromatic carbocycles. The third-order valence-electron chi connectivity index (χ3n) is 7.07. The lowest BCUT2D eigenvalue weighted by atomic mass is 9.80. The molecule has 22 nitrogen and oxygen atoms in total. The lowest BCUT2D eigenvalue weighted by Gasteiger charge is -2.24. The van der Waals surface area contributed by atoms with Crippen LogP contribution in [0, 0.1) is 0 Å². The molecule has 0 radical (unpaired) electrons. The summed E-state index contributed by atoms with van der Waals surface area (Å²) in [7, 11) is -15.8. The van der Waals surface area contributed by atoms with Crippen molar-refractivity contribution in [3.8, 4) is 0 Å². The van der Waals surface area contributed by atoms with Crippen molar-refractivity contribution < 1.29 is 75.5 Å². The van der Waals surface area contributed by atoms with Crippen molar-refractivity contribution in [3.63, 3.8) is 0 Å². The zero-order chi connectivity index (χ0) is 40.3. The molecule has 54 heavy (non-hydrogen) atoms. The minimum atomic E-state index is -5.75. The minimum absolute atomic E-state index is 0.00696. The van der Waals surface area contributed by atoms with Gasteiger partial charge in [0.2, 0.25) is 5.91 Å². The van der Waals surface area contributed by atoms with Gasteiger partial charge in [0.1, 0.15) is 24.1 Å². The Morgan fingerprint density at radius 3 is 2.37 bits per heavy atom. The summed E-state index contributed by atoms with van der Waals surface area (Å²) in [6, 6.07) is 7.17. The topological polar surface area (TPSA) is 338 Å². The van der Waals surface area contributed by atoms with Crippen molar-refractivity contribution in [1.82, 2.24) is 20.2 Å². The van der Waals surface area contributed by atoms with Crippen molar-refractivity contribution in [2.45, 2.75) is 62.7 Å². The third kappa shape index (κ3) is 16.5. The van der Waals surface area contributed by atoms with Crippen LogP contribution < -0.4 is 27.5 Å². The number of ether oxygens (including phenoxy) is 2. The fourth-order valence-electron chi connectivity index (χ4n) is 4.56. The first-order valence-electron chi connectivity index (χ1n) is 15.8. The maximum atomic E-state index is 12.4. The lowest BCUT2D eigenvalue weighted by Crippen LogP contribution is -2.36. The lowest BCUT2D eigenvalue weighted by molar-refractivity contribution is -0.121. The van der Waals surface area contributed by atoms with Crippen molar-refractivity contribution in [2.75, 3.05) is 31.4 Å². The summed E-state index contributed by atoms with van der Waals surface area (Å²) in [5, 5.41) is 23.9. The fourth-order valence-corrected chi connectivity index (χ4v) is 9.77. The number of anilines is 1. The van der Waals surface area contributed by atoms with Gasteiger partial charge in [-0.3, -0.25) is 18.7 Å². The highest BCUT2D eigenvalue weighted by Crippen LogP contribution is 2.66. The molecule has 2 amide bonds. The van der Waals surface area contributed by atoms with E-state index in [4.69, 9.17) is 39.6 Å². The van der Waals surface area contributed by atoms with Crippen LogP contribution in [0.2, 0.25) is 0 Å². The quantitative estimate of drug-likeness (QED) is 0.0254. The van der Waals surface area contributed by atoms with Gasteiger partial charge in [0.15, 0.2) is 0 Å². The third-order valence-corrected chi connectivity index (χ3v) is 13.8. The summed E-state index contributed by atoms with van der Waals surface area (Å²) in [6.45, 7) is 3.59. The molecule has 3 rings (SSSR count). The van der Waals surface area contributed by atoms with E-state index in [2.05, 4.69) is 24.2 Å². The van der Waals surface area contributed by atoms with Crippen LogP contribution in [0.3, 0.4) is 0 Å². The molecular formula is C26H41BN5O17P3S2. The van der Waals surface area contributed by atoms with Gasteiger partial charge in [-0.1, -0.05) is 33.7 Å². The molecule has 0 saturated carbocycles. The van der Waals surface area contributed by atoms with Crippen LogP contribution >= 0.6 is 45.1 Å². The van der Waals surface area contributed by atoms with Crippen LogP contribution in [0.4, 0.5) is 5.82 Å². The number of amides is 2. The van der Waals surface area contributed by atoms with E-state index in [0.29, 0.717) is 31.5 Å². The van der Waals surface area contributed by atoms with Gasteiger partial charge < -0.3 is 55.5 Å². The summed E-state index contributed by atoms with van der Waals surface area (Å²) in [5.41, 5.74) is 5.41. The number of nitrogens with two attached hydrogens (primary N) is 1. The van der Waals surface area contributed by atoms with Gasteiger partial charge in [0, 0.05) is 42.4 Å². The van der Waals surface area contributed by atoms with Crippen LogP contribution in [0.1, 0.15) is 56.1 Å². The van der Waals surface area contributed by atoms with Gasteiger partial charge in [0.25, 0.3) is 5.91 Å². The maximum Gasteiger partial charge on any atom is 0.490 e. The summed E-state index contributed by atoms with van der Waals surface area (Å²) in [4.78, 5) is 77.5. The Labute approximate surface area is 316 Å². The van der Waals surface area contributed by atoms with Gasteiger partial charge in [-0.05, 0) is 50.4 Å². The number of hydrogen-bond donors (Lipinski definition) is 9. The number of rotatable bonds is 22. The zero-order valence-corrected chi connectivity index (χ0v) is 33.1. The van der Waals surface area contributed by atoms with Gasteiger partial charge in [-0.2, -0.15) is 13.6 Å². The molecule has 1 aliphatic heterocycles. The molecule has 1 fully saturated rings. The number of unbranched alkanes of at least 4 members (excludes halogenated alkanes) is 1. The van der Waals surface area contributed by atoms with E-state index in [1.165, 1.54) is 58.1 Å². The summed E-state index contributed by atoms with van der Waals surface area (Å²) in [5.74, 6) is -0.545. The van der Waals surface area contributed by atoms with Gasteiger partial charge in [-0.15, -0.1) is 0 Å². The second-order valence-electron chi connectivity index (χ2n) is 12.1. The molecule has 1 saturated heterocycles. The van der Waals surface area contributed by atoms with Gasteiger partial charge >= 0.3 is 36.3 Å². The molecular weight excluding hydrogens is 822 g/mol. The maximum absolute atomic E-state index is 12.4. The number of benzene rings is 1. The Kier molecular flexibility index (Phi) is 17.4. The van der Waals surface area contributed by atoms with E-state index >= 15 is 0 Å². The molecule has 1 aromatic heterocycles. The summed E-state index contributed by atoms with van der Waals surface area (Å²) in [6.07, 6.45) is -0.464. The molecule has 3 unspecified atom stereocenters. The fraction of sp³-hybridized carbons (Fsp3) is 0.538. The molecule has 302 valence electrons. The summed E-state index contributed by atoms with van der Waals surface area (Å²) >= 11 is 0. The first-order chi connectivity index (χ1) is 25.0. The molecule has 10 N–H and O–H groups in total. The number of phosphoric acid groups is 3. The molecule has 5 atom stereocenters. The number of phosphoric ester groups is 1. The Bertz CT molecular complexity index is 1790. The number of nitrogens with zero attached hydrogens (tertiary/aromatic N) is 2. The number of carbonyl (C=O) groups excluding carboxylic acids is 2. The first kappa shape index (κ1) is 46.2. The van der Waals surface area contributed by atoms with Crippen LogP contribution in [0.25, 0.3) is 0 Å². The number of aromatic nitrogens is 2. The van der Waals surface area contributed by atoms with Crippen LogP contribution in [-0.2, 0) is 41.1 Å². The molecule has 28 heteroatoms. The van der Waals surface area contributed by atoms with Gasteiger partial charge in [0.05, 0.1) is 12.7 Å². The van der Waals surface area contributed by atoms with E-state index in [-0.39, 0.29) is 41.9 Å². The number of carbonyl (C=O) groups is 2. The zero-order valence-electron chi connectivity index (χ0n) is 28.7. The predicted octanol–water partition coefficient (Wildman–Crippen LogP) is 0.355. The number of nitrogens with one attached hydrogen (secondary N) is 2. The standard InChI is InChI=1S/C26H41BN5O17P3S2/c1-26(2,15-30-22(33)5-3-4-11-29-24(34)17-6-8-18(9-7-17)27(36)37)54-53-16-45-19-13-23(32-12-10-21(28)31-25(32)35)47-20(19)14-46-51(41,42)49-52(43,44)48-50(38,39)40/h6-10,12,19-20,23,36-37H,3-5,11,13-16H2,1-2H3,(H,29,34)(H,30,33)(H,41,42)(H,43,44)(H2,28,31,35)(H2,38,39,40)/t19?,20-,23-/m1/s1. The number of hydrogen-bond acceptors (Lipinski definition) is 17. The molecule has 1 aliphatic rings. The van der Waals surface area contributed by atoms with E-state index in [1.807, 2.05) is 13.8 Å². The van der Waals surface area contributed by atoms with Crippen LogP contribution in [0.15, 0.2) is 41.3 Å². The molecule has 0 spiro atoms.